The van der Waals surface area contributed by atoms with Gasteiger partial charge in [-0.15, -0.1) is 0 Å². The van der Waals surface area contributed by atoms with Gasteiger partial charge in [0.1, 0.15) is 11.5 Å². The first-order chi connectivity index (χ1) is 18.6. The summed E-state index contributed by atoms with van der Waals surface area (Å²) in [7, 11) is 0. The lowest BCUT2D eigenvalue weighted by atomic mass is 10.2. The van der Waals surface area contributed by atoms with Gasteiger partial charge >= 0.3 is 23.9 Å². The van der Waals surface area contributed by atoms with Gasteiger partial charge in [-0.2, -0.15) is 0 Å². The van der Waals surface area contributed by atoms with E-state index >= 15 is 0 Å². The number of amidine groups is 2. The van der Waals surface area contributed by atoms with Crippen LogP contribution in [0.4, 0.5) is 0 Å². The third-order valence-corrected chi connectivity index (χ3v) is 4.79. The molecule has 2 aromatic rings. The van der Waals surface area contributed by atoms with E-state index in [-0.39, 0.29) is 79.3 Å². The number of hydrogen-bond acceptors (Lipinski definition) is 10. The number of nitrogens with two attached hydrogens (primary N) is 2. The molecule has 0 radical (unpaired) electrons. The van der Waals surface area contributed by atoms with Crippen molar-refractivity contribution in [3.8, 4) is 11.5 Å². The number of aliphatic carboxylic acids is 2. The number of carboxylic acids is 2. The smallest absolute Gasteiger partial charge is 0.335 e. The molecular formula is C28H40N4O10. The highest BCUT2D eigenvalue weighted by Crippen LogP contribution is 2.15. The van der Waals surface area contributed by atoms with Gasteiger partial charge in [0, 0.05) is 36.8 Å². The van der Waals surface area contributed by atoms with Gasteiger partial charge in [-0.25, -0.2) is 9.59 Å². The fraction of sp³-hybridized carbons (Fsp3) is 0.357. The molecule has 0 spiro atoms. The highest BCUT2D eigenvalue weighted by molar-refractivity contribution is 5.98. The molecule has 0 aliphatic rings. The summed E-state index contributed by atoms with van der Waals surface area (Å²) in [6.45, 7) is -0.117. The zero-order valence-electron chi connectivity index (χ0n) is 20.8. The van der Waals surface area contributed by atoms with E-state index in [0.29, 0.717) is 22.6 Å². The molecule has 0 bridgehead atoms. The molecule has 2 aromatic carbocycles. The Morgan fingerprint density at radius 3 is 1.24 bits per heavy atom. The normalized spacial score (nSPS) is 10.6. The summed E-state index contributed by atoms with van der Waals surface area (Å²) in [5.41, 5.74) is 12.5. The summed E-state index contributed by atoms with van der Waals surface area (Å²) in [5.74, 6) is -2.53. The average molecular weight is 593 g/mol. The largest absolute Gasteiger partial charge is 0.481 e. The maximum absolute atomic E-state index is 11.5. The molecule has 0 saturated carbocycles. The summed E-state index contributed by atoms with van der Waals surface area (Å²) in [6.07, 6.45) is -0.196. The lowest BCUT2D eigenvalue weighted by Crippen LogP contribution is -2.15. The van der Waals surface area contributed by atoms with E-state index in [2.05, 4.69) is 20.0 Å². The minimum atomic E-state index is -1.00. The van der Waals surface area contributed by atoms with Crippen LogP contribution in [0, 0.1) is 0 Å². The van der Waals surface area contributed by atoms with Gasteiger partial charge in [0.15, 0.2) is 11.7 Å². The lowest BCUT2D eigenvalue weighted by molar-refractivity contribution is -0.145. The predicted molar refractivity (Wildman–Crippen MR) is 156 cm³/mol. The zero-order valence-corrected chi connectivity index (χ0v) is 20.8. The van der Waals surface area contributed by atoms with Crippen molar-refractivity contribution in [3.05, 3.63) is 59.7 Å². The highest BCUT2D eigenvalue weighted by atomic mass is 16.7. The van der Waals surface area contributed by atoms with Crippen molar-refractivity contribution in [1.82, 2.24) is 0 Å². The first-order valence-electron chi connectivity index (χ1n) is 11.6. The topological polar surface area (TPSA) is 222 Å². The van der Waals surface area contributed by atoms with Gasteiger partial charge in [0.25, 0.3) is 0 Å². The van der Waals surface area contributed by atoms with Gasteiger partial charge in [-0.1, -0.05) is 32.6 Å². The molecule has 0 atom stereocenters. The quantitative estimate of drug-likeness (QED) is 0.0717. The van der Waals surface area contributed by atoms with Crippen molar-refractivity contribution in [2.24, 2.45) is 21.8 Å². The number of nitrogens with zero attached hydrogens (tertiary/aromatic N) is 2. The number of carboxylic acid groups (broad SMARTS) is 2. The van der Waals surface area contributed by atoms with E-state index in [9.17, 15) is 19.2 Å². The second-order valence-corrected chi connectivity index (χ2v) is 7.83. The maximum atomic E-state index is 11.5. The van der Waals surface area contributed by atoms with Crippen molar-refractivity contribution < 1.29 is 48.5 Å². The average Bonchev–Trinajstić information content (AvgIpc) is 2.90. The zero-order chi connectivity index (χ0) is 28.6. The molecule has 42 heavy (non-hydrogen) atoms. The first kappa shape index (κ1) is 39.0. The Hall–Kier alpha value is -5.14. The molecule has 14 nitrogen and oxygen atoms in total. The molecule has 2 rings (SSSR count). The molecule has 0 fully saturated rings. The standard InChI is InChI=1S/C25H28N4O10.3CH4/c26-24(28-38-22(34)5-1-3-20(30)31)16-7-11-18(12-8-16)36-15-37-19-13-9-17(10-14-19)25(27)29-39-23(35)6-2-4-21(32)33;;;/h7-14H,1-6,15H2,(H2,26,28)(H2,27,29)(H,30,31)(H,32,33);3*1H4. The Bertz CT molecular complexity index is 1100. The molecule has 0 aromatic heterocycles. The molecule has 0 heterocycles. The number of carbonyl (C=O) groups is 4. The second-order valence-electron chi connectivity index (χ2n) is 7.83. The first-order valence-corrected chi connectivity index (χ1v) is 11.6. The molecule has 0 amide bonds. The Morgan fingerprint density at radius 2 is 0.929 bits per heavy atom. The minimum Gasteiger partial charge on any atom is -0.481 e. The molecule has 14 heteroatoms. The summed E-state index contributed by atoms with van der Waals surface area (Å²) >= 11 is 0. The summed E-state index contributed by atoms with van der Waals surface area (Å²) < 4.78 is 11.0. The van der Waals surface area contributed by atoms with E-state index in [1.165, 1.54) is 0 Å². The highest BCUT2D eigenvalue weighted by Gasteiger charge is 2.08. The van der Waals surface area contributed by atoms with Gasteiger partial charge in [0.05, 0.1) is 0 Å². The van der Waals surface area contributed by atoms with Crippen LogP contribution in [0.1, 0.15) is 71.9 Å². The van der Waals surface area contributed by atoms with Gasteiger partial charge in [-0.3, -0.25) is 9.59 Å². The van der Waals surface area contributed by atoms with Crippen LogP contribution >= 0.6 is 0 Å². The van der Waals surface area contributed by atoms with Crippen molar-refractivity contribution in [2.75, 3.05) is 6.79 Å². The van der Waals surface area contributed by atoms with Crippen molar-refractivity contribution in [2.45, 2.75) is 60.8 Å². The molecular weight excluding hydrogens is 552 g/mol. The summed E-state index contributed by atoms with van der Waals surface area (Å²) in [6, 6.07) is 12.8. The number of oxime groups is 2. The number of hydrogen-bond donors (Lipinski definition) is 4. The van der Waals surface area contributed by atoms with Crippen molar-refractivity contribution in [1.29, 1.82) is 0 Å². The van der Waals surface area contributed by atoms with E-state index in [4.69, 9.17) is 31.2 Å². The van der Waals surface area contributed by atoms with Gasteiger partial charge < -0.3 is 40.8 Å². The fourth-order valence-electron chi connectivity index (χ4n) is 2.77. The molecule has 6 N–H and O–H groups in total. The van der Waals surface area contributed by atoms with E-state index in [1.54, 1.807) is 48.5 Å². The predicted octanol–water partition coefficient (Wildman–Crippen LogP) is 3.85. The van der Waals surface area contributed by atoms with E-state index in [1.807, 2.05) is 0 Å². The SMILES string of the molecule is C.C.C.N/C(=N\OC(=O)CCCC(=O)O)c1ccc(OCOc2ccc(/C(N)=N/OC(=O)CCCC(=O)O)cc2)cc1. The van der Waals surface area contributed by atoms with Crippen LogP contribution in [0.15, 0.2) is 58.8 Å². The Morgan fingerprint density at radius 1 is 0.595 bits per heavy atom. The van der Waals surface area contributed by atoms with E-state index in [0.717, 1.165) is 0 Å². The molecule has 0 unspecified atom stereocenters. The van der Waals surface area contributed by atoms with Crippen molar-refractivity contribution in [3.63, 3.8) is 0 Å². The minimum absolute atomic E-state index is 0. The van der Waals surface area contributed by atoms with Gasteiger partial charge in [-0.05, 0) is 61.4 Å². The lowest BCUT2D eigenvalue weighted by Gasteiger charge is -2.09. The third kappa shape index (κ3) is 15.5. The van der Waals surface area contributed by atoms with E-state index < -0.39 is 23.9 Å². The molecule has 232 valence electrons. The van der Waals surface area contributed by atoms with Crippen LogP contribution in [-0.2, 0) is 28.9 Å². The number of benzene rings is 2. The van der Waals surface area contributed by atoms with Crippen LogP contribution in [0.3, 0.4) is 0 Å². The van der Waals surface area contributed by atoms with Crippen LogP contribution in [-0.4, -0.2) is 52.6 Å². The molecule has 0 aliphatic carbocycles. The summed E-state index contributed by atoms with van der Waals surface area (Å²) in [5, 5.41) is 24.2. The Kier molecular flexibility index (Phi) is 19.2. The number of rotatable bonds is 16. The van der Waals surface area contributed by atoms with Gasteiger partial charge in [0.2, 0.25) is 6.79 Å². The molecule has 0 saturated heterocycles. The monoisotopic (exact) mass is 592 g/mol. The van der Waals surface area contributed by atoms with Crippen molar-refractivity contribution >= 4 is 35.5 Å². The third-order valence-electron chi connectivity index (χ3n) is 4.79. The van der Waals surface area contributed by atoms with Crippen LogP contribution in [0.5, 0.6) is 11.5 Å². The Labute approximate surface area is 244 Å². The molecule has 0 aliphatic heterocycles. The fourth-order valence-corrected chi connectivity index (χ4v) is 2.77. The Balaban J connectivity index is 0. The second kappa shape index (κ2) is 20.7. The number of ether oxygens (including phenoxy) is 2. The van der Waals surface area contributed by atoms with Crippen LogP contribution < -0.4 is 20.9 Å². The maximum Gasteiger partial charge on any atom is 0.335 e. The van der Waals surface area contributed by atoms with Crippen LogP contribution in [0.25, 0.3) is 0 Å². The van der Waals surface area contributed by atoms with Crippen LogP contribution in [0.2, 0.25) is 0 Å². The summed E-state index contributed by atoms with van der Waals surface area (Å²) in [4.78, 5) is 53.4. The number of carbonyl (C=O) groups excluding carboxylic acids is 2.